The first-order chi connectivity index (χ1) is 19.8. The van der Waals surface area contributed by atoms with Crippen LogP contribution in [0.4, 0.5) is 5.82 Å². The first kappa shape index (κ1) is 33.4. The molecule has 0 spiro atoms. The summed E-state index contributed by atoms with van der Waals surface area (Å²) in [5, 5.41) is 35.3. The highest BCUT2D eigenvalue weighted by atomic mass is 31.2. The molecule has 5 atom stereocenters. The van der Waals surface area contributed by atoms with Crippen LogP contribution in [0.1, 0.15) is 83.2 Å². The Labute approximate surface area is 241 Å². The normalized spacial score (nSPS) is 24.0. The van der Waals surface area contributed by atoms with Gasteiger partial charge in [-0.3, -0.25) is 9.05 Å². The number of rotatable bonds is 20. The van der Waals surface area contributed by atoms with E-state index in [1.807, 2.05) is 6.07 Å². The van der Waals surface area contributed by atoms with Gasteiger partial charge in [0.25, 0.3) is 0 Å². The van der Waals surface area contributed by atoms with Gasteiger partial charge in [0, 0.05) is 13.2 Å². The first-order valence-corrected chi connectivity index (χ1v) is 16.0. The van der Waals surface area contributed by atoms with E-state index in [-0.39, 0.29) is 18.1 Å². The molecule has 14 heteroatoms. The van der Waals surface area contributed by atoms with Crippen LogP contribution in [-0.4, -0.2) is 74.4 Å². The number of aliphatic hydroxyl groups is 2. The van der Waals surface area contributed by atoms with Crippen molar-refractivity contribution >= 4 is 19.2 Å². The molecule has 13 nitrogen and oxygen atoms in total. The number of aliphatic hydroxyl groups excluding tert-OH is 2. The van der Waals surface area contributed by atoms with Crippen LogP contribution in [-0.2, 0) is 28.7 Å². The number of unbranched alkanes of at least 4 members (excludes halogenated alkanes) is 9. The van der Waals surface area contributed by atoms with E-state index in [4.69, 9.17) is 24.3 Å². The topological polar surface area (TPSA) is 195 Å². The highest BCUT2D eigenvalue weighted by Crippen LogP contribution is 2.46. The lowest BCUT2D eigenvalue weighted by Gasteiger charge is -2.24. The predicted octanol–water partition coefficient (Wildman–Crippen LogP) is 3.61. The number of phosphoric acid groups is 1. The van der Waals surface area contributed by atoms with Crippen molar-refractivity contribution in [2.24, 2.45) is 0 Å². The number of nitrogens with zero attached hydrogens (tertiary/aromatic N) is 4. The van der Waals surface area contributed by atoms with Gasteiger partial charge in [-0.15, -0.1) is 0 Å². The van der Waals surface area contributed by atoms with E-state index in [0.29, 0.717) is 25.2 Å². The number of nitriles is 1. The summed E-state index contributed by atoms with van der Waals surface area (Å²) >= 11 is 0. The minimum atomic E-state index is -4.49. The van der Waals surface area contributed by atoms with Crippen molar-refractivity contribution < 1.29 is 38.2 Å². The minimum absolute atomic E-state index is 0.0675. The molecule has 5 N–H and O–H groups in total. The van der Waals surface area contributed by atoms with Crippen LogP contribution in [0.5, 0.6) is 0 Å². The Kier molecular flexibility index (Phi) is 13.4. The molecule has 0 saturated carbocycles. The second-order valence-electron chi connectivity index (χ2n) is 10.3. The van der Waals surface area contributed by atoms with Gasteiger partial charge in [0.1, 0.15) is 36.2 Å². The van der Waals surface area contributed by atoms with Gasteiger partial charge in [-0.1, -0.05) is 64.7 Å². The molecule has 1 unspecified atom stereocenters. The van der Waals surface area contributed by atoms with Crippen LogP contribution >= 0.6 is 7.82 Å². The summed E-state index contributed by atoms with van der Waals surface area (Å²) < 4.78 is 34.9. The second-order valence-corrected chi connectivity index (χ2v) is 11.8. The van der Waals surface area contributed by atoms with Gasteiger partial charge in [0.05, 0.1) is 18.9 Å². The quantitative estimate of drug-likeness (QED) is 0.128. The average Bonchev–Trinajstić information content (AvgIpc) is 3.50. The molecule has 0 radical (unpaired) electrons. The largest absolute Gasteiger partial charge is 0.472 e. The fraction of sp³-hybridized carbons (Fsp3) is 0.741. The zero-order valence-electron chi connectivity index (χ0n) is 23.8. The molecule has 41 heavy (non-hydrogen) atoms. The van der Waals surface area contributed by atoms with Crippen LogP contribution in [0.3, 0.4) is 0 Å². The summed E-state index contributed by atoms with van der Waals surface area (Å²) in [7, 11) is -4.49. The number of hydrogen-bond acceptors (Lipinski definition) is 11. The number of phosphoric ester groups is 1. The van der Waals surface area contributed by atoms with E-state index in [1.54, 1.807) is 6.07 Å². The summed E-state index contributed by atoms with van der Waals surface area (Å²) in [5.74, 6) is 0.148. The van der Waals surface area contributed by atoms with Gasteiger partial charge < -0.3 is 30.3 Å². The van der Waals surface area contributed by atoms with Crippen molar-refractivity contribution in [1.82, 2.24) is 14.6 Å². The molecule has 230 valence electrons. The maximum atomic E-state index is 12.3. The number of anilines is 1. The summed E-state index contributed by atoms with van der Waals surface area (Å²) in [6, 6.07) is 4.92. The fourth-order valence-electron chi connectivity index (χ4n) is 4.89. The number of nitrogen functional groups attached to an aromatic ring is 1. The number of hydrogen-bond donors (Lipinski definition) is 4. The average molecular weight is 598 g/mol. The molecule has 1 fully saturated rings. The molecular weight excluding hydrogens is 553 g/mol. The second kappa shape index (κ2) is 16.5. The summed E-state index contributed by atoms with van der Waals surface area (Å²) in [4.78, 5) is 13.9. The molecule has 1 saturated heterocycles. The van der Waals surface area contributed by atoms with E-state index in [9.17, 15) is 24.9 Å². The molecule has 3 heterocycles. The van der Waals surface area contributed by atoms with E-state index in [0.717, 1.165) is 12.8 Å². The Morgan fingerprint density at radius 3 is 2.39 bits per heavy atom. The first-order valence-electron chi connectivity index (χ1n) is 14.5. The fourth-order valence-corrected chi connectivity index (χ4v) is 5.66. The number of fused-ring (bicyclic) bond motifs is 1. The number of nitrogens with two attached hydrogens (primary N) is 1. The molecule has 2 aromatic heterocycles. The van der Waals surface area contributed by atoms with Gasteiger partial charge in [-0.25, -0.2) is 14.1 Å². The zero-order chi connectivity index (χ0) is 29.7. The smallest absolute Gasteiger partial charge is 0.387 e. The van der Waals surface area contributed by atoms with Crippen LogP contribution in [0, 0.1) is 11.3 Å². The van der Waals surface area contributed by atoms with Crippen molar-refractivity contribution in [3.63, 3.8) is 0 Å². The molecule has 2 aromatic rings. The van der Waals surface area contributed by atoms with E-state index in [2.05, 4.69) is 17.0 Å². The Bertz CT molecular complexity index is 1160. The zero-order valence-corrected chi connectivity index (χ0v) is 24.7. The monoisotopic (exact) mass is 597 g/mol. The molecule has 0 aliphatic carbocycles. The highest BCUT2D eigenvalue weighted by molar-refractivity contribution is 7.47. The van der Waals surface area contributed by atoms with Gasteiger partial charge in [0.15, 0.2) is 5.82 Å². The van der Waals surface area contributed by atoms with Crippen molar-refractivity contribution in [1.29, 1.82) is 5.26 Å². The molecule has 0 aromatic carbocycles. The number of ether oxygens (including phenoxy) is 2. The maximum Gasteiger partial charge on any atom is 0.472 e. The molecule has 1 aliphatic heterocycles. The van der Waals surface area contributed by atoms with E-state index in [1.165, 1.54) is 68.3 Å². The Morgan fingerprint density at radius 2 is 1.71 bits per heavy atom. The van der Waals surface area contributed by atoms with Crippen LogP contribution < -0.4 is 5.73 Å². The Balaban J connectivity index is 1.33. The van der Waals surface area contributed by atoms with Crippen LogP contribution in [0.25, 0.3) is 5.52 Å². The van der Waals surface area contributed by atoms with Crippen LogP contribution in [0.15, 0.2) is 18.5 Å². The lowest BCUT2D eigenvalue weighted by Crippen LogP contribution is -2.41. The van der Waals surface area contributed by atoms with Crippen molar-refractivity contribution in [2.45, 2.75) is 101 Å². The lowest BCUT2D eigenvalue weighted by molar-refractivity contribution is -0.0643. The lowest BCUT2D eigenvalue weighted by atomic mass is 9.92. The Hall–Kier alpha value is -2.14. The van der Waals surface area contributed by atoms with E-state index >= 15 is 0 Å². The van der Waals surface area contributed by atoms with Crippen molar-refractivity contribution in [3.05, 3.63) is 24.2 Å². The van der Waals surface area contributed by atoms with Crippen molar-refractivity contribution in [2.75, 3.05) is 32.2 Å². The summed E-state index contributed by atoms with van der Waals surface area (Å²) in [6.07, 6.45) is 9.47. The summed E-state index contributed by atoms with van der Waals surface area (Å²) in [6.45, 7) is 2.58. The minimum Gasteiger partial charge on any atom is -0.387 e. The van der Waals surface area contributed by atoms with Gasteiger partial charge >= 0.3 is 7.82 Å². The molecule has 0 bridgehead atoms. The van der Waals surface area contributed by atoms with Gasteiger partial charge in [0.2, 0.25) is 5.60 Å². The van der Waals surface area contributed by atoms with Crippen LogP contribution in [0.2, 0.25) is 0 Å². The summed E-state index contributed by atoms with van der Waals surface area (Å²) in [5.41, 5.74) is 4.30. The molecule has 3 rings (SSSR count). The SMILES string of the molecule is CCCCCCCCCCCCOCCCOP(=O)(O)OC[C@H]1O[C@@](C#N)(c2ccc3c(N)ncnn23)[C@H](O)[C@@H]1O. The molecular formula is C27H44N5O8P. The Morgan fingerprint density at radius 1 is 1.05 bits per heavy atom. The van der Waals surface area contributed by atoms with Gasteiger partial charge in [-0.2, -0.15) is 10.4 Å². The van der Waals surface area contributed by atoms with Gasteiger partial charge in [-0.05, 0) is 25.0 Å². The third-order valence-corrected chi connectivity index (χ3v) is 8.20. The number of aromatic nitrogens is 3. The molecule has 1 aliphatic rings. The predicted molar refractivity (Wildman–Crippen MR) is 151 cm³/mol. The third kappa shape index (κ3) is 9.17. The maximum absolute atomic E-state index is 12.3. The van der Waals surface area contributed by atoms with E-state index < -0.39 is 38.3 Å². The standard InChI is InChI=1S/C27H44N5O8P/c1-2-3-4-5-6-7-8-9-10-11-15-37-16-12-17-38-41(35,36)39-18-22-24(33)25(34)27(19-28,40-22)23-14-13-21-26(29)30-20-31-32(21)23/h13-14,20,22,24-25,33-34H,2-12,15-18H2,1H3,(H,35,36)(H2,29,30,31)/t22-,24-,25-,27+/m1/s1. The van der Waals surface area contributed by atoms with Crippen molar-refractivity contribution in [3.8, 4) is 6.07 Å². The third-order valence-electron chi connectivity index (χ3n) is 7.22. The highest BCUT2D eigenvalue weighted by Gasteiger charge is 2.57. The molecule has 0 amide bonds.